The Balaban J connectivity index is 2.38. The van der Waals surface area contributed by atoms with Gasteiger partial charge in [0.1, 0.15) is 5.65 Å². The second-order valence-electron chi connectivity index (χ2n) is 3.99. The van der Waals surface area contributed by atoms with Crippen LogP contribution in [0.3, 0.4) is 0 Å². The summed E-state index contributed by atoms with van der Waals surface area (Å²) >= 11 is 0. The molecular formula is C13H8N4. The number of pyridine rings is 3. The minimum absolute atomic E-state index is 0.895. The summed E-state index contributed by atoms with van der Waals surface area (Å²) in [4.78, 5) is 15.9. The van der Waals surface area contributed by atoms with Crippen LogP contribution in [0.1, 0.15) is 0 Å². The van der Waals surface area contributed by atoms with Crippen molar-refractivity contribution in [1.29, 1.82) is 0 Å². The van der Waals surface area contributed by atoms with E-state index in [9.17, 15) is 0 Å². The quantitative estimate of drug-likeness (QED) is 0.495. The Morgan fingerprint density at radius 2 is 1.71 bits per heavy atom. The number of hydrogen-bond acceptors (Lipinski definition) is 3. The number of nitrogens with one attached hydrogen (secondary N) is 1. The molecule has 0 unspecified atom stereocenters. The Hall–Kier alpha value is -2.49. The molecule has 1 N–H and O–H groups in total. The molecule has 0 aromatic carbocycles. The number of rotatable bonds is 0. The molecule has 0 spiro atoms. The van der Waals surface area contributed by atoms with Gasteiger partial charge in [0.25, 0.3) is 0 Å². The molecule has 0 aliphatic rings. The van der Waals surface area contributed by atoms with Crippen molar-refractivity contribution in [3.05, 3.63) is 43.1 Å². The van der Waals surface area contributed by atoms with Crippen molar-refractivity contribution < 1.29 is 0 Å². The lowest BCUT2D eigenvalue weighted by Gasteiger charge is -1.97. The van der Waals surface area contributed by atoms with Crippen molar-refractivity contribution in [1.82, 2.24) is 19.9 Å². The lowest BCUT2D eigenvalue weighted by molar-refractivity contribution is 1.32. The summed E-state index contributed by atoms with van der Waals surface area (Å²) in [5.74, 6) is 0. The van der Waals surface area contributed by atoms with Gasteiger partial charge in [0.15, 0.2) is 0 Å². The zero-order valence-electron chi connectivity index (χ0n) is 8.88. The van der Waals surface area contributed by atoms with Gasteiger partial charge in [-0.05, 0) is 17.5 Å². The summed E-state index contributed by atoms with van der Waals surface area (Å²) < 4.78 is 0. The highest BCUT2D eigenvalue weighted by Gasteiger charge is 2.08. The minimum atomic E-state index is 0.895. The third-order valence-corrected chi connectivity index (χ3v) is 3.03. The van der Waals surface area contributed by atoms with E-state index in [4.69, 9.17) is 0 Å². The molecule has 4 aromatic rings. The van der Waals surface area contributed by atoms with Crippen LogP contribution in [0.15, 0.2) is 43.1 Å². The molecule has 0 saturated heterocycles. The Kier molecular flexibility index (Phi) is 1.53. The van der Waals surface area contributed by atoms with Gasteiger partial charge in [-0.2, -0.15) is 0 Å². The van der Waals surface area contributed by atoms with Crippen LogP contribution in [0.2, 0.25) is 0 Å². The van der Waals surface area contributed by atoms with Crippen LogP contribution in [0, 0.1) is 0 Å². The number of hydrogen-bond donors (Lipinski definition) is 1. The van der Waals surface area contributed by atoms with Crippen molar-refractivity contribution in [2.75, 3.05) is 0 Å². The van der Waals surface area contributed by atoms with Gasteiger partial charge in [-0.25, -0.2) is 4.98 Å². The number of H-pyrrole nitrogens is 1. The molecule has 4 heterocycles. The first kappa shape index (κ1) is 8.64. The molecule has 0 saturated carbocycles. The van der Waals surface area contributed by atoms with E-state index in [1.165, 1.54) is 5.39 Å². The average Bonchev–Trinajstić information content (AvgIpc) is 2.77. The molecular weight excluding hydrogens is 212 g/mol. The Labute approximate surface area is 96.3 Å². The molecule has 0 amide bonds. The second-order valence-corrected chi connectivity index (χ2v) is 3.99. The fourth-order valence-corrected chi connectivity index (χ4v) is 2.27. The van der Waals surface area contributed by atoms with Crippen molar-refractivity contribution in [3.8, 4) is 0 Å². The van der Waals surface area contributed by atoms with Gasteiger partial charge >= 0.3 is 0 Å². The highest BCUT2D eigenvalue weighted by atomic mass is 14.9. The van der Waals surface area contributed by atoms with E-state index in [0.717, 1.165) is 27.3 Å². The molecule has 0 aliphatic carbocycles. The fraction of sp³-hybridized carbons (Fsp3) is 0. The molecule has 0 radical (unpaired) electrons. The molecule has 4 heteroatoms. The first-order valence-corrected chi connectivity index (χ1v) is 5.37. The standard InChI is InChI=1S/C13H8N4/c1-3-14-5-8-6-16-13-12(9(1)8)10-2-4-15-7-11(10)17-13/h1-7H,(H,16,17). The zero-order valence-corrected chi connectivity index (χ0v) is 8.88. The highest BCUT2D eigenvalue weighted by Crippen LogP contribution is 2.29. The van der Waals surface area contributed by atoms with Crippen LogP contribution in [0.5, 0.6) is 0 Å². The summed E-state index contributed by atoms with van der Waals surface area (Å²) in [7, 11) is 0. The van der Waals surface area contributed by atoms with Gasteiger partial charge in [-0.15, -0.1) is 0 Å². The monoisotopic (exact) mass is 220 g/mol. The van der Waals surface area contributed by atoms with Gasteiger partial charge in [0.2, 0.25) is 0 Å². The predicted molar refractivity (Wildman–Crippen MR) is 66.7 cm³/mol. The fourth-order valence-electron chi connectivity index (χ4n) is 2.27. The SMILES string of the molecule is c1cc2c(cn1)cnc1[nH]c3cnccc3c12. The smallest absolute Gasteiger partial charge is 0.139 e. The van der Waals surface area contributed by atoms with Crippen LogP contribution in [-0.2, 0) is 0 Å². The van der Waals surface area contributed by atoms with Gasteiger partial charge < -0.3 is 4.98 Å². The highest BCUT2D eigenvalue weighted by molar-refractivity contribution is 6.18. The van der Waals surface area contributed by atoms with Crippen molar-refractivity contribution >= 4 is 32.7 Å². The van der Waals surface area contributed by atoms with Crippen LogP contribution in [0.25, 0.3) is 32.7 Å². The molecule has 0 fully saturated rings. The third kappa shape index (κ3) is 1.09. The maximum Gasteiger partial charge on any atom is 0.139 e. The van der Waals surface area contributed by atoms with E-state index < -0.39 is 0 Å². The predicted octanol–water partition coefficient (Wildman–Crippen LogP) is 2.66. The Bertz CT molecular complexity index is 842. The van der Waals surface area contributed by atoms with E-state index in [0.29, 0.717) is 0 Å². The average molecular weight is 220 g/mol. The van der Waals surface area contributed by atoms with Crippen LogP contribution >= 0.6 is 0 Å². The Morgan fingerprint density at radius 1 is 0.882 bits per heavy atom. The molecule has 4 rings (SSSR count). The number of nitrogens with zero attached hydrogens (tertiary/aromatic N) is 3. The lowest BCUT2D eigenvalue weighted by atomic mass is 10.1. The van der Waals surface area contributed by atoms with E-state index in [-0.39, 0.29) is 0 Å². The lowest BCUT2D eigenvalue weighted by Crippen LogP contribution is -1.80. The first-order chi connectivity index (χ1) is 8.43. The minimum Gasteiger partial charge on any atom is -0.338 e. The third-order valence-electron chi connectivity index (χ3n) is 3.03. The van der Waals surface area contributed by atoms with Gasteiger partial charge in [0, 0.05) is 40.9 Å². The van der Waals surface area contributed by atoms with Gasteiger partial charge in [-0.1, -0.05) is 0 Å². The maximum atomic E-state index is 4.42. The van der Waals surface area contributed by atoms with Crippen LogP contribution in [0.4, 0.5) is 0 Å². The molecule has 0 atom stereocenters. The number of aromatic amines is 1. The maximum absolute atomic E-state index is 4.42. The van der Waals surface area contributed by atoms with Crippen molar-refractivity contribution in [2.45, 2.75) is 0 Å². The normalized spacial score (nSPS) is 11.5. The summed E-state index contributed by atoms with van der Waals surface area (Å²) in [6.07, 6.45) is 9.11. The van der Waals surface area contributed by atoms with E-state index in [1.54, 1.807) is 6.20 Å². The number of aromatic nitrogens is 4. The molecule has 4 aromatic heterocycles. The van der Waals surface area contributed by atoms with Gasteiger partial charge in [-0.3, -0.25) is 9.97 Å². The zero-order chi connectivity index (χ0) is 11.2. The van der Waals surface area contributed by atoms with Crippen molar-refractivity contribution in [2.24, 2.45) is 0 Å². The van der Waals surface area contributed by atoms with Gasteiger partial charge in [0.05, 0.1) is 11.7 Å². The topological polar surface area (TPSA) is 54.5 Å². The summed E-state index contributed by atoms with van der Waals surface area (Å²) in [6.45, 7) is 0. The Morgan fingerprint density at radius 3 is 2.65 bits per heavy atom. The van der Waals surface area contributed by atoms with E-state index in [1.807, 2.05) is 36.9 Å². The second kappa shape index (κ2) is 3.01. The summed E-state index contributed by atoms with van der Waals surface area (Å²) in [5.41, 5.74) is 1.91. The van der Waals surface area contributed by atoms with Crippen molar-refractivity contribution in [3.63, 3.8) is 0 Å². The summed E-state index contributed by atoms with van der Waals surface area (Å²) in [6, 6.07) is 4.03. The largest absolute Gasteiger partial charge is 0.338 e. The summed E-state index contributed by atoms with van der Waals surface area (Å²) in [5, 5.41) is 4.52. The van der Waals surface area contributed by atoms with E-state index >= 15 is 0 Å². The van der Waals surface area contributed by atoms with Crippen LogP contribution in [-0.4, -0.2) is 19.9 Å². The molecule has 0 aliphatic heterocycles. The first-order valence-electron chi connectivity index (χ1n) is 5.37. The molecule has 80 valence electrons. The van der Waals surface area contributed by atoms with E-state index in [2.05, 4.69) is 19.9 Å². The number of fused-ring (bicyclic) bond motifs is 5. The molecule has 17 heavy (non-hydrogen) atoms. The van der Waals surface area contributed by atoms with Crippen LogP contribution < -0.4 is 0 Å². The molecule has 4 nitrogen and oxygen atoms in total. The molecule has 0 bridgehead atoms.